The van der Waals surface area contributed by atoms with Gasteiger partial charge in [0, 0.05) is 43.9 Å². The summed E-state index contributed by atoms with van der Waals surface area (Å²) < 4.78 is 22.5. The lowest BCUT2D eigenvalue weighted by atomic mass is 10.1. The highest BCUT2D eigenvalue weighted by molar-refractivity contribution is 5.94. The van der Waals surface area contributed by atoms with Gasteiger partial charge >= 0.3 is 0 Å². The van der Waals surface area contributed by atoms with Gasteiger partial charge < -0.3 is 23.8 Å². The first kappa shape index (κ1) is 23.2. The molecule has 0 bridgehead atoms. The summed E-state index contributed by atoms with van der Waals surface area (Å²) in [6, 6.07) is 11.5. The molecule has 1 aliphatic carbocycles. The number of carbonyl (C=O) groups is 1. The Morgan fingerprint density at radius 2 is 1.52 bits per heavy atom. The molecule has 33 heavy (non-hydrogen) atoms. The van der Waals surface area contributed by atoms with Crippen LogP contribution in [0, 0.1) is 0 Å². The van der Waals surface area contributed by atoms with Crippen LogP contribution in [0.1, 0.15) is 41.6 Å². The maximum absolute atomic E-state index is 13.0. The van der Waals surface area contributed by atoms with Crippen molar-refractivity contribution in [2.24, 2.45) is 0 Å². The van der Waals surface area contributed by atoms with Crippen molar-refractivity contribution in [3.63, 3.8) is 0 Å². The van der Waals surface area contributed by atoms with E-state index in [4.69, 9.17) is 18.9 Å². The number of rotatable bonds is 8. The van der Waals surface area contributed by atoms with Crippen LogP contribution < -0.4 is 18.9 Å². The van der Waals surface area contributed by atoms with Crippen LogP contribution >= 0.6 is 0 Å². The van der Waals surface area contributed by atoms with Gasteiger partial charge in [-0.2, -0.15) is 0 Å². The van der Waals surface area contributed by atoms with Gasteiger partial charge in [0.15, 0.2) is 11.5 Å². The molecule has 2 aromatic rings. The number of benzene rings is 2. The highest BCUT2D eigenvalue weighted by Gasteiger charge is 2.24. The Morgan fingerprint density at radius 1 is 0.848 bits per heavy atom. The molecule has 1 saturated carbocycles. The van der Waals surface area contributed by atoms with E-state index in [2.05, 4.69) is 4.90 Å². The second-order valence-electron chi connectivity index (χ2n) is 8.61. The Kier molecular flexibility index (Phi) is 7.60. The first-order valence-electron chi connectivity index (χ1n) is 11.7. The molecular weight excluding hydrogens is 420 g/mol. The molecule has 1 saturated heterocycles. The van der Waals surface area contributed by atoms with Gasteiger partial charge in [-0.25, -0.2) is 0 Å². The molecule has 0 atom stereocenters. The SMILES string of the molecule is COc1ccc(CN2CCN(C(=O)c3ccc(OC4CCCC4)cc3)CC2)c(OC)c1OC. The number of nitrogens with zero attached hydrogens (tertiary/aromatic N) is 2. The molecule has 0 radical (unpaired) electrons. The van der Waals surface area contributed by atoms with Gasteiger partial charge in [-0.05, 0) is 56.0 Å². The number of ether oxygens (including phenoxy) is 4. The molecule has 7 nitrogen and oxygen atoms in total. The van der Waals surface area contributed by atoms with Crippen LogP contribution in [0.4, 0.5) is 0 Å². The monoisotopic (exact) mass is 454 g/mol. The predicted molar refractivity (Wildman–Crippen MR) is 127 cm³/mol. The number of hydrogen-bond acceptors (Lipinski definition) is 6. The molecule has 2 fully saturated rings. The van der Waals surface area contributed by atoms with Gasteiger partial charge in [-0.3, -0.25) is 9.69 Å². The minimum absolute atomic E-state index is 0.0748. The van der Waals surface area contributed by atoms with Crippen LogP contribution in [0.25, 0.3) is 0 Å². The molecule has 4 rings (SSSR count). The van der Waals surface area contributed by atoms with Gasteiger partial charge in [0.2, 0.25) is 5.75 Å². The summed E-state index contributed by atoms with van der Waals surface area (Å²) in [6.45, 7) is 3.69. The number of piperazine rings is 1. The zero-order valence-electron chi connectivity index (χ0n) is 19.8. The Hall–Kier alpha value is -2.93. The lowest BCUT2D eigenvalue weighted by Crippen LogP contribution is -2.48. The third-order valence-corrected chi connectivity index (χ3v) is 6.55. The lowest BCUT2D eigenvalue weighted by Gasteiger charge is -2.35. The summed E-state index contributed by atoms with van der Waals surface area (Å²) in [4.78, 5) is 17.2. The topological polar surface area (TPSA) is 60.5 Å². The second kappa shape index (κ2) is 10.8. The van der Waals surface area contributed by atoms with Crippen molar-refractivity contribution in [1.29, 1.82) is 0 Å². The number of methoxy groups -OCH3 is 3. The molecular formula is C26H34N2O5. The molecule has 0 aromatic heterocycles. The number of carbonyl (C=O) groups excluding carboxylic acids is 1. The van der Waals surface area contributed by atoms with E-state index in [9.17, 15) is 4.79 Å². The number of hydrogen-bond donors (Lipinski definition) is 0. The Labute approximate surface area is 196 Å². The molecule has 2 aliphatic rings. The highest BCUT2D eigenvalue weighted by atomic mass is 16.5. The van der Waals surface area contributed by atoms with Crippen molar-refractivity contribution in [3.8, 4) is 23.0 Å². The summed E-state index contributed by atoms with van der Waals surface area (Å²) in [5.41, 5.74) is 1.75. The minimum Gasteiger partial charge on any atom is -0.493 e. The first-order chi connectivity index (χ1) is 16.1. The van der Waals surface area contributed by atoms with Crippen LogP contribution in [-0.2, 0) is 6.54 Å². The predicted octanol–water partition coefficient (Wildman–Crippen LogP) is 3.99. The maximum atomic E-state index is 13.0. The smallest absolute Gasteiger partial charge is 0.253 e. The van der Waals surface area contributed by atoms with Crippen LogP contribution in [-0.4, -0.2) is 69.3 Å². The highest BCUT2D eigenvalue weighted by Crippen LogP contribution is 2.40. The first-order valence-corrected chi connectivity index (χ1v) is 11.7. The van der Waals surface area contributed by atoms with Crippen molar-refractivity contribution >= 4 is 5.91 Å². The summed E-state index contributed by atoms with van der Waals surface area (Å²) in [5, 5.41) is 0. The summed E-state index contributed by atoms with van der Waals surface area (Å²) in [5.74, 6) is 2.87. The second-order valence-corrected chi connectivity index (χ2v) is 8.61. The number of amides is 1. The zero-order valence-corrected chi connectivity index (χ0v) is 19.8. The van der Waals surface area contributed by atoms with E-state index in [0.29, 0.717) is 42.0 Å². The van der Waals surface area contributed by atoms with E-state index < -0.39 is 0 Å². The van der Waals surface area contributed by atoms with Crippen LogP contribution in [0.3, 0.4) is 0 Å². The van der Waals surface area contributed by atoms with Crippen molar-refractivity contribution in [2.45, 2.75) is 38.3 Å². The normalized spacial score (nSPS) is 17.1. The molecule has 1 aliphatic heterocycles. The average molecular weight is 455 g/mol. The minimum atomic E-state index is 0.0748. The van der Waals surface area contributed by atoms with E-state index in [1.807, 2.05) is 41.3 Å². The Morgan fingerprint density at radius 3 is 2.12 bits per heavy atom. The summed E-state index contributed by atoms with van der Waals surface area (Å²) in [7, 11) is 4.87. The van der Waals surface area contributed by atoms with Crippen molar-refractivity contribution in [3.05, 3.63) is 47.5 Å². The lowest BCUT2D eigenvalue weighted by molar-refractivity contribution is 0.0627. The Balaban J connectivity index is 1.33. The van der Waals surface area contributed by atoms with E-state index in [1.165, 1.54) is 12.8 Å². The van der Waals surface area contributed by atoms with Crippen molar-refractivity contribution in [2.75, 3.05) is 47.5 Å². The molecule has 178 valence electrons. The van der Waals surface area contributed by atoms with Gasteiger partial charge in [-0.15, -0.1) is 0 Å². The molecule has 1 amide bonds. The fourth-order valence-electron chi connectivity index (χ4n) is 4.69. The molecule has 0 N–H and O–H groups in total. The average Bonchev–Trinajstić information content (AvgIpc) is 3.37. The van der Waals surface area contributed by atoms with Gasteiger partial charge in [0.25, 0.3) is 5.91 Å². The van der Waals surface area contributed by atoms with E-state index in [1.54, 1.807) is 21.3 Å². The quantitative estimate of drug-likeness (QED) is 0.601. The molecule has 2 aromatic carbocycles. The summed E-state index contributed by atoms with van der Waals surface area (Å²) >= 11 is 0. The van der Waals surface area contributed by atoms with Crippen LogP contribution in [0.5, 0.6) is 23.0 Å². The van der Waals surface area contributed by atoms with Crippen molar-refractivity contribution < 1.29 is 23.7 Å². The van der Waals surface area contributed by atoms with Gasteiger partial charge in [0.1, 0.15) is 5.75 Å². The molecule has 1 heterocycles. The van der Waals surface area contributed by atoms with E-state index in [0.717, 1.165) is 43.8 Å². The van der Waals surface area contributed by atoms with Gasteiger partial charge in [-0.1, -0.05) is 6.07 Å². The Bertz CT molecular complexity index is 932. The third-order valence-electron chi connectivity index (χ3n) is 6.55. The van der Waals surface area contributed by atoms with Crippen LogP contribution in [0.15, 0.2) is 36.4 Å². The largest absolute Gasteiger partial charge is 0.493 e. The fraction of sp³-hybridized carbons (Fsp3) is 0.500. The molecule has 0 unspecified atom stereocenters. The van der Waals surface area contributed by atoms with Gasteiger partial charge in [0.05, 0.1) is 27.4 Å². The summed E-state index contributed by atoms with van der Waals surface area (Å²) in [6.07, 6.45) is 5.06. The fourth-order valence-corrected chi connectivity index (χ4v) is 4.69. The zero-order chi connectivity index (χ0) is 23.2. The van der Waals surface area contributed by atoms with E-state index in [-0.39, 0.29) is 5.91 Å². The van der Waals surface area contributed by atoms with Crippen molar-refractivity contribution in [1.82, 2.24) is 9.80 Å². The van der Waals surface area contributed by atoms with E-state index >= 15 is 0 Å². The van der Waals surface area contributed by atoms with Crippen LogP contribution in [0.2, 0.25) is 0 Å². The molecule has 7 heteroatoms. The standard InChI is InChI=1S/C26H34N2O5/c1-30-23-13-10-20(24(31-2)25(23)32-3)18-27-14-16-28(17-15-27)26(29)19-8-11-22(12-9-19)33-21-6-4-5-7-21/h8-13,21H,4-7,14-18H2,1-3H3. The molecule has 0 spiro atoms. The third kappa shape index (κ3) is 5.36. The maximum Gasteiger partial charge on any atom is 0.253 e.